The Labute approximate surface area is 83.5 Å². The number of nitrogens with one attached hydrogen (secondary N) is 1. The lowest BCUT2D eigenvalue weighted by Crippen LogP contribution is -2.09. The molecule has 0 spiro atoms. The number of nitrogens with zero attached hydrogens (tertiary/aromatic N) is 3. The Bertz CT molecular complexity index is 304. The predicted molar refractivity (Wildman–Crippen MR) is 53.2 cm³/mol. The van der Waals surface area contributed by atoms with E-state index in [-0.39, 0.29) is 0 Å². The molecule has 1 unspecified atom stereocenters. The predicted octanol–water partition coefficient (Wildman–Crippen LogP) is 0.436. The van der Waals surface area contributed by atoms with E-state index in [0.717, 1.165) is 37.8 Å². The minimum atomic E-state index is 0.614. The lowest BCUT2D eigenvalue weighted by atomic mass is 10.1. The summed E-state index contributed by atoms with van der Waals surface area (Å²) in [6, 6.07) is 0. The third-order valence-electron chi connectivity index (χ3n) is 2.68. The molecule has 5 nitrogen and oxygen atoms in total. The van der Waals surface area contributed by atoms with Crippen LogP contribution in [0.4, 0.5) is 5.95 Å². The number of hydrogen-bond acceptors (Lipinski definition) is 4. The van der Waals surface area contributed by atoms with Crippen LogP contribution in [0.5, 0.6) is 0 Å². The highest BCUT2D eigenvalue weighted by Crippen LogP contribution is 2.17. The molecule has 0 amide bonds. The number of aromatic nitrogens is 3. The molecule has 1 atom stereocenters. The summed E-state index contributed by atoms with van der Waals surface area (Å²) >= 11 is 0. The molecule has 78 valence electrons. The van der Waals surface area contributed by atoms with Gasteiger partial charge in [0.05, 0.1) is 0 Å². The van der Waals surface area contributed by atoms with Crippen LogP contribution in [0, 0.1) is 5.92 Å². The summed E-state index contributed by atoms with van der Waals surface area (Å²) in [5.41, 5.74) is 0. The third kappa shape index (κ3) is 1.72. The summed E-state index contributed by atoms with van der Waals surface area (Å²) in [5.74, 6) is 2.46. The molecule has 1 aromatic heterocycles. The van der Waals surface area contributed by atoms with Gasteiger partial charge < -0.3 is 14.6 Å². The van der Waals surface area contributed by atoms with Gasteiger partial charge in [0.2, 0.25) is 5.95 Å². The normalized spacial score (nSPS) is 21.4. The molecule has 1 N–H and O–H groups in total. The van der Waals surface area contributed by atoms with E-state index in [4.69, 9.17) is 4.74 Å². The van der Waals surface area contributed by atoms with E-state index in [1.54, 1.807) is 0 Å². The van der Waals surface area contributed by atoms with Gasteiger partial charge >= 0.3 is 0 Å². The molecular weight excluding hydrogens is 180 g/mol. The highest BCUT2D eigenvalue weighted by Gasteiger charge is 2.19. The van der Waals surface area contributed by atoms with Crippen LogP contribution in [0.3, 0.4) is 0 Å². The quantitative estimate of drug-likeness (QED) is 0.762. The van der Waals surface area contributed by atoms with Gasteiger partial charge in [0.15, 0.2) is 0 Å². The smallest absolute Gasteiger partial charge is 0.224 e. The van der Waals surface area contributed by atoms with Gasteiger partial charge in [0.1, 0.15) is 5.82 Å². The number of hydrogen-bond donors (Lipinski definition) is 1. The number of rotatable bonds is 3. The van der Waals surface area contributed by atoms with Crippen LogP contribution < -0.4 is 5.32 Å². The van der Waals surface area contributed by atoms with Crippen LogP contribution in [-0.4, -0.2) is 35.0 Å². The van der Waals surface area contributed by atoms with E-state index in [1.807, 2.05) is 18.7 Å². The van der Waals surface area contributed by atoms with Gasteiger partial charge in [-0.3, -0.25) is 0 Å². The van der Waals surface area contributed by atoms with Gasteiger partial charge in [-0.2, -0.15) is 0 Å². The van der Waals surface area contributed by atoms with Crippen LogP contribution in [0.1, 0.15) is 12.2 Å². The Balaban J connectivity index is 2.04. The van der Waals surface area contributed by atoms with E-state index < -0.39 is 0 Å². The highest BCUT2D eigenvalue weighted by atomic mass is 16.5. The summed E-state index contributed by atoms with van der Waals surface area (Å²) in [5, 5.41) is 11.2. The average molecular weight is 196 g/mol. The molecule has 1 aliphatic heterocycles. The lowest BCUT2D eigenvalue weighted by Gasteiger charge is -2.06. The van der Waals surface area contributed by atoms with Gasteiger partial charge in [0, 0.05) is 33.7 Å². The summed E-state index contributed by atoms with van der Waals surface area (Å²) in [7, 11) is 3.84. The van der Waals surface area contributed by atoms with Crippen LogP contribution >= 0.6 is 0 Å². The molecule has 1 aliphatic rings. The zero-order valence-corrected chi connectivity index (χ0v) is 8.66. The van der Waals surface area contributed by atoms with E-state index in [2.05, 4.69) is 15.5 Å². The van der Waals surface area contributed by atoms with Gasteiger partial charge in [-0.1, -0.05) is 0 Å². The molecular formula is C9H16N4O. The maximum absolute atomic E-state index is 5.33. The Morgan fingerprint density at radius 2 is 2.43 bits per heavy atom. The van der Waals surface area contributed by atoms with E-state index >= 15 is 0 Å². The SMILES string of the molecule is CNc1nnc(CC2CCOC2)n1C. The second-order valence-electron chi connectivity index (χ2n) is 3.68. The van der Waals surface area contributed by atoms with Gasteiger partial charge in [-0.15, -0.1) is 10.2 Å². The summed E-state index contributed by atoms with van der Waals surface area (Å²) in [4.78, 5) is 0. The average Bonchev–Trinajstić information content (AvgIpc) is 2.79. The van der Waals surface area contributed by atoms with E-state index in [1.165, 1.54) is 0 Å². The summed E-state index contributed by atoms with van der Waals surface area (Å²) in [6.07, 6.45) is 2.10. The molecule has 1 saturated heterocycles. The summed E-state index contributed by atoms with van der Waals surface area (Å²) in [6.45, 7) is 1.75. The number of anilines is 1. The fourth-order valence-corrected chi connectivity index (χ4v) is 1.76. The van der Waals surface area contributed by atoms with Crippen molar-refractivity contribution in [3.8, 4) is 0 Å². The molecule has 0 aliphatic carbocycles. The van der Waals surface area contributed by atoms with Crippen molar-refractivity contribution in [3.63, 3.8) is 0 Å². The second kappa shape index (κ2) is 3.96. The molecule has 1 fully saturated rings. The maximum atomic E-state index is 5.33. The monoisotopic (exact) mass is 196 g/mol. The van der Waals surface area contributed by atoms with Crippen molar-refractivity contribution in [2.24, 2.45) is 13.0 Å². The van der Waals surface area contributed by atoms with Crippen molar-refractivity contribution in [2.45, 2.75) is 12.8 Å². The van der Waals surface area contributed by atoms with E-state index in [0.29, 0.717) is 5.92 Å². The molecule has 14 heavy (non-hydrogen) atoms. The van der Waals surface area contributed by atoms with Crippen LogP contribution in [-0.2, 0) is 18.2 Å². The Morgan fingerprint density at radius 3 is 3.00 bits per heavy atom. The van der Waals surface area contributed by atoms with Crippen molar-refractivity contribution in [2.75, 3.05) is 25.6 Å². The van der Waals surface area contributed by atoms with Crippen molar-refractivity contribution >= 4 is 5.95 Å². The Morgan fingerprint density at radius 1 is 1.57 bits per heavy atom. The minimum absolute atomic E-state index is 0.614. The van der Waals surface area contributed by atoms with Crippen LogP contribution in [0.15, 0.2) is 0 Å². The molecule has 0 saturated carbocycles. The zero-order chi connectivity index (χ0) is 9.97. The fourth-order valence-electron chi connectivity index (χ4n) is 1.76. The first-order valence-corrected chi connectivity index (χ1v) is 4.95. The Hall–Kier alpha value is -1.10. The molecule has 0 bridgehead atoms. The molecule has 2 heterocycles. The van der Waals surface area contributed by atoms with Gasteiger partial charge in [-0.25, -0.2) is 0 Å². The fraction of sp³-hybridized carbons (Fsp3) is 0.778. The van der Waals surface area contributed by atoms with Crippen molar-refractivity contribution in [1.82, 2.24) is 14.8 Å². The zero-order valence-electron chi connectivity index (χ0n) is 8.66. The van der Waals surface area contributed by atoms with Gasteiger partial charge in [0.25, 0.3) is 0 Å². The minimum Gasteiger partial charge on any atom is -0.381 e. The Kier molecular flexibility index (Phi) is 2.67. The number of ether oxygens (including phenoxy) is 1. The molecule has 2 rings (SSSR count). The molecule has 5 heteroatoms. The van der Waals surface area contributed by atoms with Crippen molar-refractivity contribution in [3.05, 3.63) is 5.82 Å². The first-order chi connectivity index (χ1) is 6.81. The first-order valence-electron chi connectivity index (χ1n) is 4.95. The highest BCUT2D eigenvalue weighted by molar-refractivity contribution is 5.23. The first kappa shape index (κ1) is 9.45. The molecule has 0 aromatic carbocycles. The van der Waals surface area contributed by atoms with Crippen molar-refractivity contribution < 1.29 is 4.74 Å². The van der Waals surface area contributed by atoms with Gasteiger partial charge in [-0.05, 0) is 12.3 Å². The standard InChI is InChI=1S/C9H16N4O/c1-10-9-12-11-8(13(9)2)5-7-3-4-14-6-7/h7H,3-6H2,1-2H3,(H,10,12). The van der Waals surface area contributed by atoms with E-state index in [9.17, 15) is 0 Å². The largest absolute Gasteiger partial charge is 0.381 e. The second-order valence-corrected chi connectivity index (χ2v) is 3.68. The lowest BCUT2D eigenvalue weighted by molar-refractivity contribution is 0.185. The van der Waals surface area contributed by atoms with Crippen LogP contribution in [0.25, 0.3) is 0 Å². The topological polar surface area (TPSA) is 52.0 Å². The molecule has 0 radical (unpaired) electrons. The summed E-state index contributed by atoms with van der Waals surface area (Å²) < 4.78 is 7.33. The maximum Gasteiger partial charge on any atom is 0.224 e. The van der Waals surface area contributed by atoms with Crippen LogP contribution in [0.2, 0.25) is 0 Å². The van der Waals surface area contributed by atoms with Crippen molar-refractivity contribution in [1.29, 1.82) is 0 Å². The third-order valence-corrected chi connectivity index (χ3v) is 2.68. The molecule has 1 aromatic rings.